The Kier molecular flexibility index (Phi) is 5.69. The summed E-state index contributed by atoms with van der Waals surface area (Å²) in [6, 6.07) is 7.02. The van der Waals surface area contributed by atoms with Gasteiger partial charge in [-0.3, -0.25) is 0 Å². The van der Waals surface area contributed by atoms with E-state index in [0.29, 0.717) is 10.1 Å². The normalized spacial score (nSPS) is 15.3. The highest BCUT2D eigenvalue weighted by Gasteiger charge is 2.11. The van der Waals surface area contributed by atoms with Gasteiger partial charge in [0.05, 0.1) is 4.90 Å². The number of sulfone groups is 1. The molecule has 1 aromatic carbocycles. The zero-order valence-electron chi connectivity index (χ0n) is 11.0. The predicted molar refractivity (Wildman–Crippen MR) is 76.7 cm³/mol. The first-order chi connectivity index (χ1) is 8.34. The molecule has 0 fully saturated rings. The number of hydrogen-bond acceptors (Lipinski definition) is 4. The monoisotopic (exact) mass is 288 g/mol. The molecule has 1 rings (SSSR count). The van der Waals surface area contributed by atoms with Gasteiger partial charge in [0.25, 0.3) is 0 Å². The quantitative estimate of drug-likeness (QED) is 0.874. The van der Waals surface area contributed by atoms with Crippen LogP contribution in [0.5, 0.6) is 0 Å². The number of aliphatic hydroxyl groups is 1. The third kappa shape index (κ3) is 4.63. The van der Waals surface area contributed by atoms with Crippen LogP contribution in [0.4, 0.5) is 0 Å². The molecule has 2 atom stereocenters. The Morgan fingerprint density at radius 3 is 2.22 bits per heavy atom. The van der Waals surface area contributed by atoms with E-state index < -0.39 is 9.84 Å². The fraction of sp³-hybridized carbons (Fsp3) is 0.538. The molecule has 0 amide bonds. The fourth-order valence-electron chi connectivity index (χ4n) is 1.44. The van der Waals surface area contributed by atoms with Gasteiger partial charge in [0.2, 0.25) is 0 Å². The maximum absolute atomic E-state index is 11.3. The molecule has 18 heavy (non-hydrogen) atoms. The summed E-state index contributed by atoms with van der Waals surface area (Å²) in [6.45, 7) is 4.30. The molecule has 0 spiro atoms. The van der Waals surface area contributed by atoms with E-state index >= 15 is 0 Å². The van der Waals surface area contributed by atoms with Gasteiger partial charge >= 0.3 is 0 Å². The zero-order chi connectivity index (χ0) is 13.8. The maximum atomic E-state index is 11.3. The van der Waals surface area contributed by atoms with Crippen molar-refractivity contribution in [3.05, 3.63) is 29.8 Å². The minimum atomic E-state index is -3.11. The molecule has 0 saturated heterocycles. The summed E-state index contributed by atoms with van der Waals surface area (Å²) in [5.41, 5.74) is 1.11. The first-order valence-corrected chi connectivity index (χ1v) is 8.81. The number of hydrogen-bond donors (Lipinski definition) is 1. The van der Waals surface area contributed by atoms with Crippen LogP contribution in [0.3, 0.4) is 0 Å². The Hall–Kier alpha value is -0.520. The minimum Gasteiger partial charge on any atom is -0.396 e. The summed E-state index contributed by atoms with van der Waals surface area (Å²) < 4.78 is 22.7. The highest BCUT2D eigenvalue weighted by atomic mass is 32.2. The van der Waals surface area contributed by atoms with E-state index in [1.165, 1.54) is 6.26 Å². The smallest absolute Gasteiger partial charge is 0.175 e. The lowest BCUT2D eigenvalue weighted by Crippen LogP contribution is -2.05. The first kappa shape index (κ1) is 15.5. The number of benzene rings is 1. The van der Waals surface area contributed by atoms with Crippen molar-refractivity contribution in [1.29, 1.82) is 0 Å². The number of rotatable bonds is 6. The maximum Gasteiger partial charge on any atom is 0.175 e. The molecular formula is C13H20O3S2. The molecular weight excluding hydrogens is 268 g/mol. The molecule has 1 aromatic rings. The summed E-state index contributed by atoms with van der Waals surface area (Å²) in [6.07, 6.45) is 1.21. The standard InChI is InChI=1S/C13H20O3S2/c1-10(8-14)9-17-11(2)12-4-6-13(7-5-12)18(3,15)16/h4-7,10-11,14H,8-9H2,1-3H3/t10-,11+/m1/s1. The van der Waals surface area contributed by atoms with Gasteiger partial charge in [-0.2, -0.15) is 11.8 Å². The summed E-state index contributed by atoms with van der Waals surface area (Å²) in [7, 11) is -3.11. The number of thioether (sulfide) groups is 1. The van der Waals surface area contributed by atoms with Crippen LogP contribution in [0, 0.1) is 5.92 Å². The minimum absolute atomic E-state index is 0.201. The summed E-state index contributed by atoms with van der Waals surface area (Å²) in [5, 5.41) is 9.26. The van der Waals surface area contributed by atoms with E-state index in [2.05, 4.69) is 6.92 Å². The molecule has 0 aliphatic heterocycles. The van der Waals surface area contributed by atoms with E-state index in [-0.39, 0.29) is 12.5 Å². The lowest BCUT2D eigenvalue weighted by atomic mass is 10.2. The molecule has 0 heterocycles. The highest BCUT2D eigenvalue weighted by Crippen LogP contribution is 2.30. The van der Waals surface area contributed by atoms with Gasteiger partial charge in [-0.05, 0) is 36.3 Å². The molecule has 0 unspecified atom stereocenters. The topological polar surface area (TPSA) is 54.4 Å². The van der Waals surface area contributed by atoms with Crippen LogP contribution in [0.2, 0.25) is 0 Å². The third-order valence-electron chi connectivity index (χ3n) is 2.72. The summed E-state index contributed by atoms with van der Waals surface area (Å²) in [5.74, 6) is 1.18. The van der Waals surface area contributed by atoms with Crippen LogP contribution in [-0.4, -0.2) is 32.1 Å². The van der Waals surface area contributed by atoms with E-state index in [1.807, 2.05) is 19.1 Å². The van der Waals surface area contributed by atoms with Gasteiger partial charge in [0, 0.05) is 18.1 Å². The van der Waals surface area contributed by atoms with Gasteiger partial charge in [-0.25, -0.2) is 8.42 Å². The van der Waals surface area contributed by atoms with Crippen LogP contribution in [0.1, 0.15) is 24.7 Å². The third-order valence-corrected chi connectivity index (χ3v) is 5.38. The van der Waals surface area contributed by atoms with Crippen LogP contribution < -0.4 is 0 Å². The SMILES string of the molecule is C[C@H](CO)CS[C@@H](C)c1ccc(S(C)(=O)=O)cc1. The molecule has 0 saturated carbocycles. The lowest BCUT2D eigenvalue weighted by Gasteiger charge is -2.14. The Morgan fingerprint density at radius 1 is 1.22 bits per heavy atom. The molecule has 102 valence electrons. The highest BCUT2D eigenvalue weighted by molar-refractivity contribution is 7.99. The molecule has 0 radical (unpaired) electrons. The largest absolute Gasteiger partial charge is 0.396 e. The van der Waals surface area contributed by atoms with Gasteiger partial charge in [-0.15, -0.1) is 0 Å². The Morgan fingerprint density at radius 2 is 1.78 bits per heavy atom. The molecule has 0 bridgehead atoms. The molecule has 0 aliphatic carbocycles. The first-order valence-electron chi connectivity index (χ1n) is 5.87. The van der Waals surface area contributed by atoms with Crippen molar-refractivity contribution in [1.82, 2.24) is 0 Å². The zero-order valence-corrected chi connectivity index (χ0v) is 12.6. The van der Waals surface area contributed by atoms with Gasteiger partial charge < -0.3 is 5.11 Å². The molecule has 3 nitrogen and oxygen atoms in total. The van der Waals surface area contributed by atoms with Crippen LogP contribution in [-0.2, 0) is 9.84 Å². The second-order valence-electron chi connectivity index (χ2n) is 4.60. The van der Waals surface area contributed by atoms with E-state index in [9.17, 15) is 8.42 Å². The molecule has 0 aliphatic rings. The number of aliphatic hydroxyl groups excluding tert-OH is 1. The molecule has 5 heteroatoms. The fourth-order valence-corrected chi connectivity index (χ4v) is 3.15. The Balaban J connectivity index is 2.68. The average Bonchev–Trinajstić information content (AvgIpc) is 2.34. The van der Waals surface area contributed by atoms with Crippen LogP contribution in [0.15, 0.2) is 29.2 Å². The summed E-state index contributed by atoms with van der Waals surface area (Å²) >= 11 is 1.77. The van der Waals surface area contributed by atoms with Crippen molar-refractivity contribution in [2.24, 2.45) is 5.92 Å². The van der Waals surface area contributed by atoms with Gasteiger partial charge in [0.15, 0.2) is 9.84 Å². The second-order valence-corrected chi connectivity index (χ2v) is 7.99. The van der Waals surface area contributed by atoms with Crippen molar-refractivity contribution in [3.8, 4) is 0 Å². The lowest BCUT2D eigenvalue weighted by molar-refractivity contribution is 0.250. The van der Waals surface area contributed by atoms with Crippen molar-refractivity contribution < 1.29 is 13.5 Å². The van der Waals surface area contributed by atoms with E-state index in [4.69, 9.17) is 5.11 Å². The molecule has 0 aromatic heterocycles. The van der Waals surface area contributed by atoms with Gasteiger partial charge in [-0.1, -0.05) is 19.1 Å². The van der Waals surface area contributed by atoms with E-state index in [1.54, 1.807) is 23.9 Å². The van der Waals surface area contributed by atoms with Crippen molar-refractivity contribution >= 4 is 21.6 Å². The summed E-state index contributed by atoms with van der Waals surface area (Å²) in [4.78, 5) is 0.354. The van der Waals surface area contributed by atoms with Crippen LogP contribution >= 0.6 is 11.8 Å². The van der Waals surface area contributed by atoms with Crippen LogP contribution in [0.25, 0.3) is 0 Å². The Labute approximate surface area is 114 Å². The Bertz CT molecular complexity index is 466. The second kappa shape index (κ2) is 6.59. The molecule has 1 N–H and O–H groups in total. The van der Waals surface area contributed by atoms with Crippen molar-refractivity contribution in [2.75, 3.05) is 18.6 Å². The average molecular weight is 288 g/mol. The van der Waals surface area contributed by atoms with Crippen molar-refractivity contribution in [3.63, 3.8) is 0 Å². The van der Waals surface area contributed by atoms with Gasteiger partial charge in [0.1, 0.15) is 0 Å². The van der Waals surface area contributed by atoms with Crippen molar-refractivity contribution in [2.45, 2.75) is 24.0 Å². The van der Waals surface area contributed by atoms with E-state index in [0.717, 1.165) is 11.3 Å². The predicted octanol–water partition coefficient (Wildman–Crippen LogP) is 2.51.